The third kappa shape index (κ3) is 4.18. The number of halogens is 1. The molecule has 0 radical (unpaired) electrons. The van der Waals surface area contributed by atoms with Crippen LogP contribution in [0.15, 0.2) is 24.3 Å². The van der Waals surface area contributed by atoms with Crippen LogP contribution in [0.1, 0.15) is 50.5 Å². The Hall–Kier alpha value is -1.10. The molecule has 3 aliphatic heterocycles. The summed E-state index contributed by atoms with van der Waals surface area (Å²) in [5, 5.41) is 9.95. The number of hydrogen-bond donors (Lipinski definition) is 1. The zero-order valence-corrected chi connectivity index (χ0v) is 16.8. The van der Waals surface area contributed by atoms with Crippen molar-refractivity contribution >= 4 is 17.6 Å². The lowest BCUT2D eigenvalue weighted by Crippen LogP contribution is -2.64. The molecule has 0 spiro atoms. The topological polar surface area (TPSA) is 43.8 Å². The number of benzene rings is 1. The number of rotatable bonds is 6. The number of likely N-dealkylation sites (tertiary alicyclic amines) is 1. The first-order valence-electron chi connectivity index (χ1n) is 10.6. The molecule has 4 nitrogen and oxygen atoms in total. The maximum absolute atomic E-state index is 11.1. The van der Waals surface area contributed by atoms with Crippen molar-refractivity contribution in [2.45, 2.75) is 63.6 Å². The molecule has 1 aromatic rings. The maximum atomic E-state index is 11.1. The molecule has 0 saturated carbocycles. The Balaban J connectivity index is 1.56. The monoisotopic (exact) mass is 390 g/mol. The Labute approximate surface area is 167 Å². The summed E-state index contributed by atoms with van der Waals surface area (Å²) in [4.78, 5) is 16.5. The van der Waals surface area contributed by atoms with Crippen LogP contribution in [-0.2, 0) is 11.3 Å². The van der Waals surface area contributed by atoms with E-state index in [1.807, 2.05) is 12.1 Å². The van der Waals surface area contributed by atoms with Gasteiger partial charge in [0.2, 0.25) is 0 Å². The van der Waals surface area contributed by atoms with E-state index in [0.29, 0.717) is 18.0 Å². The first-order chi connectivity index (χ1) is 13.1. The number of nitrogens with zero attached hydrogens (tertiary/aromatic N) is 2. The largest absolute Gasteiger partial charge is 0.481 e. The van der Waals surface area contributed by atoms with Crippen molar-refractivity contribution < 1.29 is 9.90 Å². The highest BCUT2D eigenvalue weighted by atomic mass is 35.5. The van der Waals surface area contributed by atoms with Gasteiger partial charge in [-0.05, 0) is 75.1 Å². The van der Waals surface area contributed by atoms with Crippen molar-refractivity contribution in [3.8, 4) is 0 Å². The standard InChI is InChI=1S/C22H31ClN2O2/c23-19-9-2-1-6-16(19)14-25-15-17-7-4-12-24-13-5-8-18(22(17)24)20(25)10-3-11-21(26)27/h1-2,6,9,17-18,20,22H,3-5,7-8,10-15H2,(H,26,27)/t17-,18+,20+,22-/m0/s1. The molecule has 4 rings (SSSR count). The Bertz CT molecular complexity index is 665. The van der Waals surface area contributed by atoms with Crippen molar-refractivity contribution in [1.82, 2.24) is 9.80 Å². The van der Waals surface area contributed by atoms with E-state index in [9.17, 15) is 4.79 Å². The third-order valence-electron chi connectivity index (χ3n) is 7.00. The molecular weight excluding hydrogens is 360 g/mol. The van der Waals surface area contributed by atoms with Crippen molar-refractivity contribution in [1.29, 1.82) is 0 Å². The summed E-state index contributed by atoms with van der Waals surface area (Å²) >= 11 is 6.47. The highest BCUT2D eigenvalue weighted by Gasteiger charge is 2.48. The SMILES string of the molecule is O=C(O)CCC[C@@H]1[C@H]2CCCN3CCC[C@@H](CN1Cc1ccccc1Cl)[C@@H]23. The second-order valence-corrected chi connectivity index (χ2v) is 9.02. The molecule has 3 heterocycles. The van der Waals surface area contributed by atoms with Crippen molar-refractivity contribution in [3.63, 3.8) is 0 Å². The van der Waals surface area contributed by atoms with Crippen molar-refractivity contribution in [3.05, 3.63) is 34.9 Å². The second kappa shape index (κ2) is 8.50. The quantitative estimate of drug-likeness (QED) is 0.787. The molecule has 4 atom stereocenters. The van der Waals surface area contributed by atoms with Gasteiger partial charge < -0.3 is 5.11 Å². The van der Waals surface area contributed by atoms with E-state index >= 15 is 0 Å². The number of carboxylic acid groups (broad SMARTS) is 1. The Morgan fingerprint density at radius 2 is 1.96 bits per heavy atom. The molecule has 3 aliphatic rings. The summed E-state index contributed by atoms with van der Waals surface area (Å²) in [7, 11) is 0. The Kier molecular flexibility index (Phi) is 6.05. The minimum atomic E-state index is -0.677. The fraction of sp³-hybridized carbons (Fsp3) is 0.682. The minimum absolute atomic E-state index is 0.279. The van der Waals surface area contributed by atoms with E-state index in [-0.39, 0.29) is 6.42 Å². The molecule has 0 unspecified atom stereocenters. The van der Waals surface area contributed by atoms with Crippen LogP contribution in [0.25, 0.3) is 0 Å². The molecule has 0 aromatic heterocycles. The molecular formula is C22H31ClN2O2. The van der Waals surface area contributed by atoms with Gasteiger partial charge in [-0.3, -0.25) is 14.6 Å². The zero-order valence-electron chi connectivity index (χ0n) is 16.0. The molecule has 0 bridgehead atoms. The molecule has 3 saturated heterocycles. The van der Waals surface area contributed by atoms with Gasteiger partial charge in [0.1, 0.15) is 0 Å². The van der Waals surface area contributed by atoms with Crippen molar-refractivity contribution in [2.24, 2.45) is 11.8 Å². The van der Waals surface area contributed by atoms with Crippen LogP contribution in [0, 0.1) is 11.8 Å². The fourth-order valence-corrected chi connectivity index (χ4v) is 6.17. The molecule has 0 amide bonds. The summed E-state index contributed by atoms with van der Waals surface area (Å²) in [6, 6.07) is 9.36. The molecule has 5 heteroatoms. The van der Waals surface area contributed by atoms with Gasteiger partial charge in [0, 0.05) is 36.6 Å². The van der Waals surface area contributed by atoms with E-state index in [1.54, 1.807) is 0 Å². The number of carbonyl (C=O) groups is 1. The summed E-state index contributed by atoms with van der Waals surface area (Å²) in [5.74, 6) is 0.751. The van der Waals surface area contributed by atoms with E-state index in [0.717, 1.165) is 36.9 Å². The van der Waals surface area contributed by atoms with Crippen LogP contribution >= 0.6 is 11.6 Å². The number of piperidine rings is 3. The van der Waals surface area contributed by atoms with Crippen LogP contribution in [0.3, 0.4) is 0 Å². The van der Waals surface area contributed by atoms with Gasteiger partial charge in [-0.15, -0.1) is 0 Å². The summed E-state index contributed by atoms with van der Waals surface area (Å²) in [6.45, 7) is 4.52. The lowest BCUT2D eigenvalue weighted by atomic mass is 9.69. The Morgan fingerprint density at radius 3 is 2.74 bits per heavy atom. The predicted octanol–water partition coefficient (Wildman–Crippen LogP) is 4.27. The maximum Gasteiger partial charge on any atom is 0.303 e. The smallest absolute Gasteiger partial charge is 0.303 e. The molecule has 3 fully saturated rings. The van der Waals surface area contributed by atoms with Gasteiger partial charge in [-0.2, -0.15) is 0 Å². The lowest BCUT2D eigenvalue weighted by Gasteiger charge is -2.57. The van der Waals surface area contributed by atoms with Gasteiger partial charge in [0.15, 0.2) is 0 Å². The fourth-order valence-electron chi connectivity index (χ4n) is 5.97. The van der Waals surface area contributed by atoms with Crippen LogP contribution in [0.4, 0.5) is 0 Å². The van der Waals surface area contributed by atoms with Gasteiger partial charge in [0.05, 0.1) is 0 Å². The van der Waals surface area contributed by atoms with Gasteiger partial charge in [-0.25, -0.2) is 0 Å². The number of carboxylic acids is 1. The number of hydrogen-bond acceptors (Lipinski definition) is 3. The van der Waals surface area contributed by atoms with Crippen LogP contribution in [0.2, 0.25) is 5.02 Å². The first-order valence-corrected chi connectivity index (χ1v) is 10.9. The second-order valence-electron chi connectivity index (χ2n) is 8.61. The van der Waals surface area contributed by atoms with Gasteiger partial charge in [0.25, 0.3) is 0 Å². The van der Waals surface area contributed by atoms with Gasteiger partial charge in [-0.1, -0.05) is 29.8 Å². The molecule has 27 heavy (non-hydrogen) atoms. The molecule has 148 valence electrons. The van der Waals surface area contributed by atoms with Crippen LogP contribution in [0.5, 0.6) is 0 Å². The van der Waals surface area contributed by atoms with Crippen molar-refractivity contribution in [2.75, 3.05) is 19.6 Å². The van der Waals surface area contributed by atoms with E-state index in [2.05, 4.69) is 21.9 Å². The van der Waals surface area contributed by atoms with Crippen LogP contribution < -0.4 is 0 Å². The zero-order chi connectivity index (χ0) is 18.8. The Morgan fingerprint density at radius 1 is 1.19 bits per heavy atom. The highest BCUT2D eigenvalue weighted by molar-refractivity contribution is 6.31. The molecule has 1 N–H and O–H groups in total. The number of aliphatic carboxylic acids is 1. The summed E-state index contributed by atoms with van der Waals surface area (Å²) < 4.78 is 0. The lowest BCUT2D eigenvalue weighted by molar-refractivity contribution is -0.137. The average molecular weight is 391 g/mol. The van der Waals surface area contributed by atoms with Crippen LogP contribution in [-0.4, -0.2) is 52.6 Å². The molecule has 1 aromatic carbocycles. The van der Waals surface area contributed by atoms with E-state index in [4.69, 9.17) is 16.7 Å². The summed E-state index contributed by atoms with van der Waals surface area (Å²) in [5.41, 5.74) is 1.20. The van der Waals surface area contributed by atoms with E-state index < -0.39 is 5.97 Å². The normalized spacial score (nSPS) is 31.4. The third-order valence-corrected chi connectivity index (χ3v) is 7.37. The predicted molar refractivity (Wildman–Crippen MR) is 108 cm³/mol. The highest BCUT2D eigenvalue weighted by Crippen LogP contribution is 2.44. The minimum Gasteiger partial charge on any atom is -0.481 e. The molecule has 0 aliphatic carbocycles. The van der Waals surface area contributed by atoms with Gasteiger partial charge >= 0.3 is 5.97 Å². The summed E-state index contributed by atoms with van der Waals surface area (Å²) in [6.07, 6.45) is 7.25. The van der Waals surface area contributed by atoms with E-state index in [1.165, 1.54) is 44.3 Å². The first kappa shape index (κ1) is 19.2. The average Bonchev–Trinajstić information content (AvgIpc) is 2.66.